The van der Waals surface area contributed by atoms with E-state index in [2.05, 4.69) is 15.0 Å². The number of aromatic nitrogens is 3. The first kappa shape index (κ1) is 18.1. The molecule has 0 saturated heterocycles. The Hall–Kier alpha value is -2.68. The zero-order valence-electron chi connectivity index (χ0n) is 13.9. The lowest BCUT2D eigenvalue weighted by atomic mass is 10.2. The summed E-state index contributed by atoms with van der Waals surface area (Å²) in [7, 11) is -4.51. The Balaban J connectivity index is 1.83. The first-order valence-corrected chi connectivity index (χ1v) is 9.34. The van der Waals surface area contributed by atoms with Gasteiger partial charge in [0.05, 0.1) is 22.0 Å². The lowest BCUT2D eigenvalue weighted by Gasteiger charge is -2.21. The molecule has 0 aliphatic heterocycles. The predicted molar refractivity (Wildman–Crippen MR) is 93.6 cm³/mol. The summed E-state index contributed by atoms with van der Waals surface area (Å²) in [5.41, 5.74) is 2.24. The van der Waals surface area contributed by atoms with E-state index in [1.165, 1.54) is 18.3 Å². The lowest BCUT2D eigenvalue weighted by Crippen LogP contribution is -2.24. The van der Waals surface area contributed by atoms with Crippen molar-refractivity contribution in [3.8, 4) is 0 Å². The van der Waals surface area contributed by atoms with Gasteiger partial charge in [-0.2, -0.15) is 0 Å². The van der Waals surface area contributed by atoms with Crippen LogP contribution in [0, 0.1) is 0 Å². The lowest BCUT2D eigenvalue weighted by molar-refractivity contribution is 0.238. The molecule has 134 valence electrons. The molecule has 8 heteroatoms. The first-order valence-electron chi connectivity index (χ1n) is 7.94. The molecule has 3 aromatic heterocycles. The Labute approximate surface area is 152 Å². The van der Waals surface area contributed by atoms with Gasteiger partial charge in [-0.25, -0.2) is 8.42 Å². The minimum absolute atomic E-state index is 0.280. The van der Waals surface area contributed by atoms with Crippen LogP contribution >= 0.6 is 0 Å². The van der Waals surface area contributed by atoms with Gasteiger partial charge < -0.3 is 4.55 Å². The Morgan fingerprint density at radius 3 is 1.81 bits per heavy atom. The molecule has 0 fully saturated rings. The zero-order chi connectivity index (χ0) is 18.4. The summed E-state index contributed by atoms with van der Waals surface area (Å²) in [6.07, 6.45) is 4.77. The van der Waals surface area contributed by atoms with E-state index in [9.17, 15) is 13.0 Å². The fraction of sp³-hybridized carbons (Fsp3) is 0.167. The Bertz CT molecular complexity index is 909. The van der Waals surface area contributed by atoms with Crippen LogP contribution in [0.25, 0.3) is 0 Å². The Morgan fingerprint density at radius 1 is 0.769 bits per heavy atom. The van der Waals surface area contributed by atoms with Gasteiger partial charge >= 0.3 is 0 Å². The number of nitrogens with zero attached hydrogens (tertiary/aromatic N) is 4. The van der Waals surface area contributed by atoms with Gasteiger partial charge in [0.2, 0.25) is 0 Å². The molecule has 0 N–H and O–H groups in total. The van der Waals surface area contributed by atoms with E-state index in [1.807, 2.05) is 41.3 Å². The highest BCUT2D eigenvalue weighted by molar-refractivity contribution is 7.85. The van der Waals surface area contributed by atoms with Crippen LogP contribution < -0.4 is 0 Å². The van der Waals surface area contributed by atoms with E-state index in [0.717, 1.165) is 11.4 Å². The van der Waals surface area contributed by atoms with Crippen molar-refractivity contribution >= 4 is 10.1 Å². The summed E-state index contributed by atoms with van der Waals surface area (Å²) in [4.78, 5) is 14.6. The second-order valence-electron chi connectivity index (χ2n) is 5.72. The number of hydrogen-bond donors (Lipinski definition) is 0. The summed E-state index contributed by atoms with van der Waals surface area (Å²) in [6.45, 7) is 1.43. The molecule has 0 amide bonds. The fourth-order valence-corrected chi connectivity index (χ4v) is 3.04. The van der Waals surface area contributed by atoms with Crippen LogP contribution in [0.1, 0.15) is 17.1 Å². The molecule has 26 heavy (non-hydrogen) atoms. The second-order valence-corrected chi connectivity index (χ2v) is 7.10. The Morgan fingerprint density at radius 2 is 1.31 bits per heavy atom. The van der Waals surface area contributed by atoms with E-state index in [0.29, 0.717) is 25.3 Å². The SMILES string of the molecule is O=S(=O)([O-])c1ccnc(CN(Cc2ccccn2)Cc2ccccn2)c1. The number of hydrogen-bond acceptors (Lipinski definition) is 7. The van der Waals surface area contributed by atoms with Gasteiger partial charge in [0.15, 0.2) is 0 Å². The van der Waals surface area contributed by atoms with Gasteiger partial charge in [0, 0.05) is 38.2 Å². The maximum Gasteiger partial charge on any atom is 0.124 e. The van der Waals surface area contributed by atoms with Crippen LogP contribution in [0.2, 0.25) is 0 Å². The van der Waals surface area contributed by atoms with Crippen LogP contribution in [0.4, 0.5) is 0 Å². The average molecular weight is 369 g/mol. The molecule has 0 aliphatic rings. The summed E-state index contributed by atoms with van der Waals surface area (Å²) in [6, 6.07) is 13.8. The molecule has 0 aliphatic carbocycles. The van der Waals surface area contributed by atoms with Crippen LogP contribution in [0.5, 0.6) is 0 Å². The third-order valence-corrected chi connectivity index (χ3v) is 4.52. The second kappa shape index (κ2) is 8.13. The summed E-state index contributed by atoms with van der Waals surface area (Å²) >= 11 is 0. The minimum Gasteiger partial charge on any atom is -0.744 e. The predicted octanol–water partition coefficient (Wildman–Crippen LogP) is 1.98. The smallest absolute Gasteiger partial charge is 0.124 e. The maximum atomic E-state index is 11.2. The molecule has 0 unspecified atom stereocenters. The van der Waals surface area contributed by atoms with Crippen molar-refractivity contribution in [1.29, 1.82) is 0 Å². The quantitative estimate of drug-likeness (QED) is 0.587. The highest BCUT2D eigenvalue weighted by Gasteiger charge is 2.12. The molecule has 0 saturated carbocycles. The van der Waals surface area contributed by atoms with Crippen LogP contribution in [0.3, 0.4) is 0 Å². The third kappa shape index (κ3) is 5.16. The first-order chi connectivity index (χ1) is 12.5. The van der Waals surface area contributed by atoms with Crippen LogP contribution in [0.15, 0.2) is 72.0 Å². The fourth-order valence-electron chi connectivity index (χ4n) is 2.54. The van der Waals surface area contributed by atoms with Crippen LogP contribution in [-0.4, -0.2) is 32.8 Å². The zero-order valence-corrected chi connectivity index (χ0v) is 14.7. The normalized spacial score (nSPS) is 11.6. The van der Waals surface area contributed by atoms with Gasteiger partial charge in [0.25, 0.3) is 0 Å². The summed E-state index contributed by atoms with van der Waals surface area (Å²) < 4.78 is 33.7. The van der Waals surface area contributed by atoms with E-state index < -0.39 is 10.1 Å². The molecule has 3 rings (SSSR count). The maximum absolute atomic E-state index is 11.2. The van der Waals surface area contributed by atoms with Crippen molar-refractivity contribution in [2.45, 2.75) is 24.5 Å². The van der Waals surface area contributed by atoms with Crippen molar-refractivity contribution in [3.63, 3.8) is 0 Å². The van der Waals surface area contributed by atoms with E-state index in [4.69, 9.17) is 0 Å². The highest BCUT2D eigenvalue weighted by Crippen LogP contribution is 2.14. The molecule has 7 nitrogen and oxygen atoms in total. The highest BCUT2D eigenvalue weighted by atomic mass is 32.2. The average Bonchev–Trinajstić information content (AvgIpc) is 2.63. The summed E-state index contributed by atoms with van der Waals surface area (Å²) in [5.74, 6) is 0. The van der Waals surface area contributed by atoms with Crippen molar-refractivity contribution < 1.29 is 13.0 Å². The van der Waals surface area contributed by atoms with E-state index >= 15 is 0 Å². The van der Waals surface area contributed by atoms with Gasteiger partial charge in [-0.05, 0) is 36.4 Å². The molecule has 0 aromatic carbocycles. The van der Waals surface area contributed by atoms with Crippen molar-refractivity contribution in [2.75, 3.05) is 0 Å². The van der Waals surface area contributed by atoms with Crippen molar-refractivity contribution in [2.24, 2.45) is 0 Å². The third-order valence-electron chi connectivity index (χ3n) is 3.69. The molecule has 0 spiro atoms. The molecule has 3 aromatic rings. The van der Waals surface area contributed by atoms with Crippen molar-refractivity contribution in [1.82, 2.24) is 19.9 Å². The number of rotatable bonds is 7. The molecule has 3 heterocycles. The molecule has 0 radical (unpaired) electrons. The van der Waals surface area contributed by atoms with E-state index in [-0.39, 0.29) is 4.90 Å². The van der Waals surface area contributed by atoms with Gasteiger partial charge in [-0.3, -0.25) is 19.9 Å². The largest absolute Gasteiger partial charge is 0.744 e. The van der Waals surface area contributed by atoms with Gasteiger partial charge in [0.1, 0.15) is 10.1 Å². The standard InChI is InChI=1S/C18H18N4O3S/c23-26(24,25)18-7-10-21-17(11-18)14-22(12-15-5-1-3-8-19-15)13-16-6-2-4-9-20-16/h1-11H,12-14H2,(H,23,24,25)/p-1. The van der Waals surface area contributed by atoms with Crippen LogP contribution in [-0.2, 0) is 29.8 Å². The minimum atomic E-state index is -4.51. The van der Waals surface area contributed by atoms with Gasteiger partial charge in [-0.1, -0.05) is 12.1 Å². The van der Waals surface area contributed by atoms with E-state index in [1.54, 1.807) is 12.4 Å². The Kier molecular flexibility index (Phi) is 5.67. The molecule has 0 atom stereocenters. The molecular weight excluding hydrogens is 352 g/mol. The van der Waals surface area contributed by atoms with Crippen molar-refractivity contribution in [3.05, 3.63) is 84.2 Å². The van der Waals surface area contributed by atoms with Gasteiger partial charge in [-0.15, -0.1) is 0 Å². The number of pyridine rings is 3. The summed E-state index contributed by atoms with van der Waals surface area (Å²) in [5, 5.41) is 0. The molecule has 0 bridgehead atoms. The monoisotopic (exact) mass is 369 g/mol. The topological polar surface area (TPSA) is 99.1 Å². The molecular formula is C18H17N4O3S-.